The molecule has 0 aliphatic rings. The summed E-state index contributed by atoms with van der Waals surface area (Å²) in [4.78, 5) is 0. The SMILES string of the molecule is CCC(C(O)CC(C)S)(C(O)CC(C)S)C(O)CC(C)S. The predicted octanol–water partition coefficient (Wildman–Crippen LogP) is 2.59. The second-order valence-electron chi connectivity index (χ2n) is 6.27. The van der Waals surface area contributed by atoms with Crippen LogP contribution in [0.25, 0.3) is 0 Å². The van der Waals surface area contributed by atoms with Gasteiger partial charge in [0.2, 0.25) is 0 Å². The molecule has 3 nitrogen and oxygen atoms in total. The van der Waals surface area contributed by atoms with E-state index >= 15 is 0 Å². The number of rotatable bonds is 10. The maximum Gasteiger partial charge on any atom is 0.0656 e. The molecule has 0 rings (SSSR count). The van der Waals surface area contributed by atoms with E-state index in [4.69, 9.17) is 0 Å². The Hall–Kier alpha value is 0.930. The second kappa shape index (κ2) is 9.93. The molecule has 6 atom stereocenters. The lowest BCUT2D eigenvalue weighted by atomic mass is 9.66. The Morgan fingerprint density at radius 2 is 0.952 bits per heavy atom. The third-order valence-electron chi connectivity index (χ3n) is 4.17. The smallest absolute Gasteiger partial charge is 0.0656 e. The molecule has 0 saturated heterocycles. The van der Waals surface area contributed by atoms with Crippen molar-refractivity contribution < 1.29 is 15.3 Å². The molecule has 0 saturated carbocycles. The summed E-state index contributed by atoms with van der Waals surface area (Å²) in [5.41, 5.74) is -0.967. The van der Waals surface area contributed by atoms with Crippen LogP contribution in [0.15, 0.2) is 0 Å². The van der Waals surface area contributed by atoms with E-state index in [0.29, 0.717) is 25.7 Å². The Morgan fingerprint density at radius 1 is 0.714 bits per heavy atom. The highest BCUT2D eigenvalue weighted by molar-refractivity contribution is 7.81. The number of aliphatic hydroxyl groups is 3. The fourth-order valence-electron chi connectivity index (χ4n) is 3.00. The molecular weight excluding hydrogens is 324 g/mol. The van der Waals surface area contributed by atoms with Gasteiger partial charge in [0.05, 0.1) is 18.3 Å². The fraction of sp³-hybridized carbons (Fsp3) is 1.00. The molecule has 6 heteroatoms. The van der Waals surface area contributed by atoms with Crippen LogP contribution >= 0.6 is 37.9 Å². The van der Waals surface area contributed by atoms with Crippen LogP contribution in [0.3, 0.4) is 0 Å². The number of hydrogen-bond acceptors (Lipinski definition) is 6. The molecular formula is C15H32O3S3. The van der Waals surface area contributed by atoms with Crippen molar-refractivity contribution in [2.45, 2.75) is 87.4 Å². The molecule has 0 aliphatic carbocycles. The molecule has 3 N–H and O–H groups in total. The minimum absolute atomic E-state index is 0.00725. The van der Waals surface area contributed by atoms with Crippen LogP contribution in [-0.4, -0.2) is 49.4 Å². The maximum atomic E-state index is 10.7. The quantitative estimate of drug-likeness (QED) is 0.341. The Labute approximate surface area is 146 Å². The van der Waals surface area contributed by atoms with E-state index in [1.165, 1.54) is 0 Å². The van der Waals surface area contributed by atoms with Gasteiger partial charge in [-0.05, 0) is 25.7 Å². The summed E-state index contributed by atoms with van der Waals surface area (Å²) in [5, 5.41) is 32.0. The van der Waals surface area contributed by atoms with Gasteiger partial charge in [-0.25, -0.2) is 0 Å². The first-order chi connectivity index (χ1) is 9.57. The van der Waals surface area contributed by atoms with Crippen molar-refractivity contribution in [3.63, 3.8) is 0 Å². The third kappa shape index (κ3) is 6.51. The van der Waals surface area contributed by atoms with Gasteiger partial charge in [0.25, 0.3) is 0 Å². The van der Waals surface area contributed by atoms with Gasteiger partial charge in [-0.1, -0.05) is 27.7 Å². The molecule has 0 aromatic carbocycles. The molecule has 0 aromatic heterocycles. The molecule has 0 fully saturated rings. The van der Waals surface area contributed by atoms with Crippen molar-refractivity contribution in [1.29, 1.82) is 0 Å². The van der Waals surface area contributed by atoms with E-state index in [0.717, 1.165) is 0 Å². The van der Waals surface area contributed by atoms with E-state index in [1.54, 1.807) is 0 Å². The standard InChI is InChI=1S/C15H32O3S3/c1-5-15(12(16)6-9(2)19,13(17)7-10(3)20)14(18)8-11(4)21/h9-14,16-21H,5-8H2,1-4H3. The molecule has 0 bridgehead atoms. The highest BCUT2D eigenvalue weighted by Crippen LogP contribution is 2.41. The zero-order valence-corrected chi connectivity index (χ0v) is 16.2. The second-order valence-corrected chi connectivity index (χ2v) is 8.91. The average molecular weight is 357 g/mol. The summed E-state index contributed by atoms with van der Waals surface area (Å²) in [5.74, 6) is 0. The molecule has 0 radical (unpaired) electrons. The summed E-state index contributed by atoms with van der Waals surface area (Å²) in [7, 11) is 0. The van der Waals surface area contributed by atoms with Gasteiger partial charge in [-0.2, -0.15) is 37.9 Å². The van der Waals surface area contributed by atoms with Gasteiger partial charge < -0.3 is 15.3 Å². The van der Waals surface area contributed by atoms with Crippen molar-refractivity contribution in [2.75, 3.05) is 0 Å². The zero-order valence-electron chi connectivity index (χ0n) is 13.5. The first kappa shape index (κ1) is 21.9. The van der Waals surface area contributed by atoms with E-state index in [2.05, 4.69) is 37.9 Å². The minimum Gasteiger partial charge on any atom is -0.392 e. The molecule has 0 amide bonds. The van der Waals surface area contributed by atoms with Gasteiger partial charge >= 0.3 is 0 Å². The zero-order chi connectivity index (χ0) is 16.8. The predicted molar refractivity (Wildman–Crippen MR) is 99.9 cm³/mol. The summed E-state index contributed by atoms with van der Waals surface area (Å²) < 4.78 is 0. The largest absolute Gasteiger partial charge is 0.392 e. The van der Waals surface area contributed by atoms with Crippen LogP contribution in [0.5, 0.6) is 0 Å². The fourth-order valence-corrected chi connectivity index (χ4v) is 3.60. The minimum atomic E-state index is -0.967. The van der Waals surface area contributed by atoms with Crippen LogP contribution in [0.2, 0.25) is 0 Å². The Kier molecular flexibility index (Phi) is 10.4. The van der Waals surface area contributed by atoms with Crippen molar-refractivity contribution in [3.8, 4) is 0 Å². The molecule has 6 unspecified atom stereocenters. The Morgan fingerprint density at radius 3 is 1.10 bits per heavy atom. The molecule has 0 spiro atoms. The van der Waals surface area contributed by atoms with E-state index in [-0.39, 0.29) is 15.7 Å². The lowest BCUT2D eigenvalue weighted by Gasteiger charge is -2.46. The molecule has 21 heavy (non-hydrogen) atoms. The van der Waals surface area contributed by atoms with E-state index in [1.807, 2.05) is 27.7 Å². The summed E-state index contributed by atoms with van der Waals surface area (Å²) >= 11 is 13.0. The first-order valence-electron chi connectivity index (χ1n) is 7.66. The van der Waals surface area contributed by atoms with Crippen molar-refractivity contribution in [2.24, 2.45) is 5.41 Å². The van der Waals surface area contributed by atoms with E-state index < -0.39 is 23.7 Å². The highest BCUT2D eigenvalue weighted by Gasteiger charge is 2.48. The van der Waals surface area contributed by atoms with Gasteiger partial charge in [-0.3, -0.25) is 0 Å². The topological polar surface area (TPSA) is 60.7 Å². The monoisotopic (exact) mass is 356 g/mol. The van der Waals surface area contributed by atoms with Crippen molar-refractivity contribution in [3.05, 3.63) is 0 Å². The van der Waals surface area contributed by atoms with Crippen molar-refractivity contribution >= 4 is 37.9 Å². The highest BCUT2D eigenvalue weighted by atomic mass is 32.1. The van der Waals surface area contributed by atoms with Gasteiger partial charge in [0.1, 0.15) is 0 Å². The lowest BCUT2D eigenvalue weighted by molar-refractivity contribution is -0.146. The molecule has 128 valence electrons. The normalized spacial score (nSPS) is 23.7. The molecule has 0 heterocycles. The van der Waals surface area contributed by atoms with Crippen molar-refractivity contribution in [1.82, 2.24) is 0 Å². The van der Waals surface area contributed by atoms with Crippen LogP contribution in [-0.2, 0) is 0 Å². The van der Waals surface area contributed by atoms with Crippen LogP contribution < -0.4 is 0 Å². The molecule has 0 aliphatic heterocycles. The van der Waals surface area contributed by atoms with Crippen LogP contribution in [0.1, 0.15) is 53.4 Å². The summed E-state index contributed by atoms with van der Waals surface area (Å²) in [6.45, 7) is 7.58. The van der Waals surface area contributed by atoms with Gasteiger partial charge in [-0.15, -0.1) is 0 Å². The summed E-state index contributed by atoms with van der Waals surface area (Å²) in [6, 6.07) is 0. The van der Waals surface area contributed by atoms with Crippen LogP contribution in [0.4, 0.5) is 0 Å². The van der Waals surface area contributed by atoms with Gasteiger partial charge in [0.15, 0.2) is 0 Å². The third-order valence-corrected chi connectivity index (χ3v) is 4.80. The first-order valence-corrected chi connectivity index (χ1v) is 9.21. The summed E-state index contributed by atoms with van der Waals surface area (Å²) in [6.07, 6.45) is -0.706. The maximum absolute atomic E-state index is 10.7. The van der Waals surface area contributed by atoms with Crippen LogP contribution in [0, 0.1) is 5.41 Å². The van der Waals surface area contributed by atoms with Gasteiger partial charge in [0, 0.05) is 21.2 Å². The Balaban J connectivity index is 5.45. The van der Waals surface area contributed by atoms with E-state index in [9.17, 15) is 15.3 Å². The average Bonchev–Trinajstić information content (AvgIpc) is 2.26. The Bertz CT molecular complexity index is 245. The number of thiol groups is 3. The number of aliphatic hydroxyl groups excluding tert-OH is 3. The number of hydrogen-bond donors (Lipinski definition) is 6. The molecule has 0 aromatic rings. The lowest BCUT2D eigenvalue weighted by Crippen LogP contribution is -2.54.